The van der Waals surface area contributed by atoms with E-state index in [9.17, 15) is 9.50 Å². The predicted octanol–water partition coefficient (Wildman–Crippen LogP) is 6.04. The number of nitrogens with one attached hydrogen (secondary N) is 1. The number of piperazine rings is 1. The lowest BCUT2D eigenvalue weighted by molar-refractivity contribution is 0.295. The molecule has 2 aromatic heterocycles. The molecule has 2 N–H and O–H groups in total. The summed E-state index contributed by atoms with van der Waals surface area (Å²) < 4.78 is 36.5. The molecule has 0 aliphatic carbocycles. The van der Waals surface area contributed by atoms with Crippen molar-refractivity contribution in [2.45, 2.75) is 31.3 Å². The second kappa shape index (κ2) is 10.4. The van der Waals surface area contributed by atoms with Crippen LogP contribution in [0.4, 0.5) is 14.6 Å². The maximum absolute atomic E-state index is 16.5. The van der Waals surface area contributed by atoms with Crippen molar-refractivity contribution in [2.75, 3.05) is 24.6 Å². The molecule has 2 bridgehead atoms. The fourth-order valence-corrected chi connectivity index (χ4v) is 6.28. The third-order valence-corrected chi connectivity index (χ3v) is 8.20. The first-order chi connectivity index (χ1) is 19.9. The van der Waals surface area contributed by atoms with E-state index in [1.807, 2.05) is 0 Å². The fourth-order valence-electron chi connectivity index (χ4n) is 5.99. The zero-order valence-electron chi connectivity index (χ0n) is 21.9. The molecule has 0 amide bonds. The first-order valence-electron chi connectivity index (χ1n) is 13.6. The Labute approximate surface area is 239 Å². The monoisotopic (exact) mass is 573 g/mol. The van der Waals surface area contributed by atoms with Gasteiger partial charge in [-0.1, -0.05) is 41.9 Å². The van der Waals surface area contributed by atoms with E-state index in [1.54, 1.807) is 48.7 Å². The molecule has 5 aromatic rings. The summed E-state index contributed by atoms with van der Waals surface area (Å²) in [6, 6.07) is 15.5. The van der Waals surface area contributed by atoms with Crippen LogP contribution in [0.1, 0.15) is 18.4 Å². The lowest BCUT2D eigenvalue weighted by atomic mass is 10.00. The minimum absolute atomic E-state index is 0.00423. The lowest BCUT2D eigenvalue weighted by Crippen LogP contribution is -2.51. The van der Waals surface area contributed by atoms with Gasteiger partial charge in [-0.25, -0.2) is 8.78 Å². The van der Waals surface area contributed by atoms with E-state index < -0.39 is 5.82 Å². The molecular weight excluding hydrogens is 548 g/mol. The van der Waals surface area contributed by atoms with E-state index in [0.717, 1.165) is 12.8 Å². The van der Waals surface area contributed by atoms with Gasteiger partial charge in [0, 0.05) is 53.8 Å². The molecule has 7 nitrogen and oxygen atoms in total. The van der Waals surface area contributed by atoms with E-state index in [0.29, 0.717) is 69.7 Å². The molecule has 2 aliphatic heterocycles. The molecule has 2 saturated heterocycles. The van der Waals surface area contributed by atoms with Crippen LogP contribution in [0.5, 0.6) is 11.8 Å². The normalized spacial score (nSPS) is 18.4. The number of rotatable bonds is 6. The minimum Gasteiger partial charge on any atom is -0.508 e. The van der Waals surface area contributed by atoms with E-state index in [-0.39, 0.29) is 35.4 Å². The van der Waals surface area contributed by atoms with E-state index >= 15 is 4.39 Å². The van der Waals surface area contributed by atoms with Crippen LogP contribution >= 0.6 is 11.6 Å². The van der Waals surface area contributed by atoms with Gasteiger partial charge in [0.25, 0.3) is 0 Å². The third-order valence-electron chi connectivity index (χ3n) is 7.89. The van der Waals surface area contributed by atoms with Crippen molar-refractivity contribution in [1.82, 2.24) is 20.3 Å². The highest BCUT2D eigenvalue weighted by atomic mass is 35.5. The summed E-state index contributed by atoms with van der Waals surface area (Å²) in [5.41, 5.74) is 0.925. The van der Waals surface area contributed by atoms with Gasteiger partial charge in [-0.2, -0.15) is 9.97 Å². The van der Waals surface area contributed by atoms with Crippen molar-refractivity contribution < 1.29 is 18.6 Å². The standard InChI is InChI=1S/C31H26ClF2N5O2/c32-24-6-3-5-18-12-21(40)13-22(26(18)24)28-27(34)29-23(14-35-28)30(39-15-19-8-9-20(16-39)36-19)38-31(37-29)41-11-10-17-4-1-2-7-25(17)33/h1-7,12-14,19-20,36,40H,8-11,15-16H2. The number of benzene rings is 3. The summed E-state index contributed by atoms with van der Waals surface area (Å²) in [7, 11) is 0. The van der Waals surface area contributed by atoms with Gasteiger partial charge in [0.15, 0.2) is 5.82 Å². The van der Waals surface area contributed by atoms with Crippen LogP contribution in [0.2, 0.25) is 5.02 Å². The highest BCUT2D eigenvalue weighted by Crippen LogP contribution is 2.39. The molecule has 2 aliphatic rings. The smallest absolute Gasteiger partial charge is 0.319 e. The van der Waals surface area contributed by atoms with Gasteiger partial charge in [-0.15, -0.1) is 0 Å². The molecule has 2 unspecified atom stereocenters. The third kappa shape index (κ3) is 4.79. The summed E-state index contributed by atoms with van der Waals surface area (Å²) >= 11 is 6.52. The molecule has 7 rings (SSSR count). The average molecular weight is 574 g/mol. The molecule has 3 aromatic carbocycles. The molecule has 41 heavy (non-hydrogen) atoms. The molecule has 0 radical (unpaired) electrons. The van der Waals surface area contributed by atoms with Crippen LogP contribution in [0.3, 0.4) is 0 Å². The van der Waals surface area contributed by atoms with Crippen LogP contribution in [-0.4, -0.2) is 51.8 Å². The first kappa shape index (κ1) is 25.9. The number of nitrogens with zero attached hydrogens (tertiary/aromatic N) is 4. The van der Waals surface area contributed by atoms with Crippen molar-refractivity contribution in [2.24, 2.45) is 0 Å². The number of aromatic nitrogens is 3. The topological polar surface area (TPSA) is 83.4 Å². The van der Waals surface area contributed by atoms with Crippen molar-refractivity contribution in [3.63, 3.8) is 0 Å². The van der Waals surface area contributed by atoms with Gasteiger partial charge >= 0.3 is 6.01 Å². The molecule has 208 valence electrons. The number of aromatic hydroxyl groups is 1. The maximum atomic E-state index is 16.5. The van der Waals surface area contributed by atoms with Gasteiger partial charge in [-0.3, -0.25) is 4.98 Å². The SMILES string of the molecule is Oc1cc(-c2ncc3c(N4CC5CCC(C4)N5)nc(OCCc4ccccc4F)nc3c2F)c2c(Cl)cccc2c1. The number of pyridine rings is 1. The Morgan fingerprint density at radius 1 is 1.02 bits per heavy atom. The van der Waals surface area contributed by atoms with Gasteiger partial charge < -0.3 is 20.1 Å². The Bertz CT molecular complexity index is 1790. The van der Waals surface area contributed by atoms with E-state index in [2.05, 4.69) is 20.2 Å². The van der Waals surface area contributed by atoms with Gasteiger partial charge in [0.2, 0.25) is 0 Å². The van der Waals surface area contributed by atoms with Crippen LogP contribution in [0.25, 0.3) is 32.9 Å². The largest absolute Gasteiger partial charge is 0.508 e. The number of fused-ring (bicyclic) bond motifs is 4. The fraction of sp³-hybridized carbons (Fsp3) is 0.258. The molecular formula is C31H26ClF2N5O2. The van der Waals surface area contributed by atoms with Crippen LogP contribution in [-0.2, 0) is 6.42 Å². The van der Waals surface area contributed by atoms with E-state index in [1.165, 1.54) is 12.1 Å². The molecule has 2 fully saturated rings. The minimum atomic E-state index is -0.671. The zero-order chi connectivity index (χ0) is 28.1. The number of hydrogen-bond donors (Lipinski definition) is 2. The number of phenols is 1. The second-order valence-corrected chi connectivity index (χ2v) is 11.0. The van der Waals surface area contributed by atoms with Gasteiger partial charge in [0.1, 0.15) is 28.6 Å². The van der Waals surface area contributed by atoms with Crippen molar-refractivity contribution in [1.29, 1.82) is 0 Å². The first-order valence-corrected chi connectivity index (χ1v) is 14.0. The zero-order valence-corrected chi connectivity index (χ0v) is 22.7. The van der Waals surface area contributed by atoms with Gasteiger partial charge in [-0.05, 0) is 48.1 Å². The Kier molecular flexibility index (Phi) is 6.55. The summed E-state index contributed by atoms with van der Waals surface area (Å²) in [5.74, 6) is -0.472. The molecule has 4 heterocycles. The van der Waals surface area contributed by atoms with Crippen molar-refractivity contribution in [3.05, 3.63) is 83.0 Å². The molecule has 2 atom stereocenters. The quantitative estimate of drug-likeness (QED) is 0.256. The highest BCUT2D eigenvalue weighted by Gasteiger charge is 2.34. The summed E-state index contributed by atoms with van der Waals surface area (Å²) in [5, 5.41) is 16.1. The number of hydrogen-bond acceptors (Lipinski definition) is 7. The summed E-state index contributed by atoms with van der Waals surface area (Å²) in [6.45, 7) is 1.55. The lowest BCUT2D eigenvalue weighted by Gasteiger charge is -2.34. The molecule has 10 heteroatoms. The van der Waals surface area contributed by atoms with Crippen LogP contribution in [0, 0.1) is 11.6 Å². The summed E-state index contributed by atoms with van der Waals surface area (Å²) in [4.78, 5) is 15.8. The van der Waals surface area contributed by atoms with Crippen LogP contribution < -0.4 is 15.0 Å². The van der Waals surface area contributed by atoms with Crippen LogP contribution in [0.15, 0.2) is 60.8 Å². The van der Waals surface area contributed by atoms with E-state index in [4.69, 9.17) is 21.3 Å². The maximum Gasteiger partial charge on any atom is 0.319 e. The second-order valence-electron chi connectivity index (χ2n) is 10.6. The Morgan fingerprint density at radius 2 is 1.83 bits per heavy atom. The molecule has 0 saturated carbocycles. The number of halogens is 3. The Morgan fingerprint density at radius 3 is 2.63 bits per heavy atom. The number of phenolic OH excluding ortho intramolecular Hbond substituents is 1. The van der Waals surface area contributed by atoms with Crippen molar-refractivity contribution in [3.8, 4) is 23.0 Å². The molecule has 0 spiro atoms. The van der Waals surface area contributed by atoms with Gasteiger partial charge in [0.05, 0.1) is 12.0 Å². The Hall–Kier alpha value is -4.08. The average Bonchev–Trinajstić information content (AvgIpc) is 3.30. The predicted molar refractivity (Wildman–Crippen MR) is 155 cm³/mol. The number of anilines is 1. The highest BCUT2D eigenvalue weighted by molar-refractivity contribution is 6.36. The summed E-state index contributed by atoms with van der Waals surface area (Å²) in [6.07, 6.45) is 4.01. The number of ether oxygens (including phenoxy) is 1. The van der Waals surface area contributed by atoms with Crippen molar-refractivity contribution >= 4 is 39.1 Å². The Balaban J connectivity index is 1.34.